The lowest BCUT2D eigenvalue weighted by atomic mass is 9.97. The Kier molecular flexibility index (Phi) is 7.58. The van der Waals surface area contributed by atoms with Crippen LogP contribution in [0.5, 0.6) is 17.2 Å². The zero-order valence-electron chi connectivity index (χ0n) is 19.3. The predicted molar refractivity (Wildman–Crippen MR) is 124 cm³/mol. The molecule has 0 radical (unpaired) electrons. The van der Waals surface area contributed by atoms with Gasteiger partial charge in [0.25, 0.3) is 5.91 Å². The monoisotopic (exact) mass is 441 g/mol. The topological polar surface area (TPSA) is 83.8 Å². The summed E-state index contributed by atoms with van der Waals surface area (Å²) in [6.07, 6.45) is 0.495. The fraction of sp³-hybridized carbons (Fsp3) is 0.417. The first-order chi connectivity index (χ1) is 15.5. The number of aliphatic hydroxyl groups excluding tert-OH is 1. The molecule has 0 aliphatic carbocycles. The molecule has 0 saturated carbocycles. The van der Waals surface area contributed by atoms with E-state index in [1.165, 1.54) is 5.01 Å². The third-order valence-corrected chi connectivity index (χ3v) is 5.70. The van der Waals surface area contributed by atoms with Crippen LogP contribution in [0.2, 0.25) is 0 Å². The zero-order chi connectivity index (χ0) is 23.3. The van der Waals surface area contributed by atoms with Crippen molar-refractivity contribution in [3.63, 3.8) is 0 Å². The van der Waals surface area contributed by atoms with Crippen molar-refractivity contribution in [3.8, 4) is 17.2 Å². The van der Waals surface area contributed by atoms with E-state index in [1.54, 1.807) is 21.3 Å². The molecular formula is C24H31N3O5. The van der Waals surface area contributed by atoms with E-state index in [4.69, 9.17) is 14.2 Å². The highest BCUT2D eigenvalue weighted by Crippen LogP contribution is 2.43. The molecule has 1 heterocycles. The van der Waals surface area contributed by atoms with Crippen molar-refractivity contribution in [3.05, 3.63) is 47.5 Å². The number of carbonyl (C=O) groups is 1. The third-order valence-electron chi connectivity index (χ3n) is 5.70. The molecule has 32 heavy (non-hydrogen) atoms. The summed E-state index contributed by atoms with van der Waals surface area (Å²) < 4.78 is 16.3. The van der Waals surface area contributed by atoms with Crippen LogP contribution in [0.1, 0.15) is 37.4 Å². The molecule has 0 aromatic heterocycles. The van der Waals surface area contributed by atoms with E-state index in [1.807, 2.05) is 24.3 Å². The molecule has 0 fully saturated rings. The molecule has 1 unspecified atom stereocenters. The van der Waals surface area contributed by atoms with Gasteiger partial charge in [0.15, 0.2) is 11.5 Å². The molecule has 1 atom stereocenters. The average Bonchev–Trinajstić information content (AvgIpc) is 3.29. The van der Waals surface area contributed by atoms with Gasteiger partial charge in [0.1, 0.15) is 6.61 Å². The van der Waals surface area contributed by atoms with Crippen molar-refractivity contribution in [1.82, 2.24) is 5.01 Å². The van der Waals surface area contributed by atoms with E-state index in [2.05, 4.69) is 36.0 Å². The van der Waals surface area contributed by atoms with Crippen molar-refractivity contribution in [1.29, 1.82) is 0 Å². The number of hydrogen-bond donors (Lipinski definition) is 1. The Morgan fingerprint density at radius 3 is 2.12 bits per heavy atom. The van der Waals surface area contributed by atoms with Gasteiger partial charge >= 0.3 is 0 Å². The lowest BCUT2D eigenvalue weighted by Gasteiger charge is -2.23. The second-order valence-electron chi connectivity index (χ2n) is 7.34. The Bertz CT molecular complexity index is 945. The second-order valence-corrected chi connectivity index (χ2v) is 7.34. The summed E-state index contributed by atoms with van der Waals surface area (Å²) in [4.78, 5) is 14.8. The smallest absolute Gasteiger partial charge is 0.268 e. The van der Waals surface area contributed by atoms with E-state index < -0.39 is 18.6 Å². The van der Waals surface area contributed by atoms with Crippen LogP contribution in [0.4, 0.5) is 5.69 Å². The highest BCUT2D eigenvalue weighted by Gasteiger charge is 2.34. The summed E-state index contributed by atoms with van der Waals surface area (Å²) in [6.45, 7) is 5.48. The number of benzene rings is 2. The SMILES string of the molecule is CCN(CC)c1ccc(C2=NN(C(=O)CO)C(c3cc(OC)c(OC)c(OC)c3)C2)cc1. The summed E-state index contributed by atoms with van der Waals surface area (Å²) in [5.74, 6) is 0.994. The lowest BCUT2D eigenvalue weighted by Crippen LogP contribution is -2.29. The number of carbonyl (C=O) groups excluding carboxylic acids is 1. The summed E-state index contributed by atoms with van der Waals surface area (Å²) in [5.41, 5.74) is 3.63. The van der Waals surface area contributed by atoms with Crippen molar-refractivity contribution >= 4 is 17.3 Å². The van der Waals surface area contributed by atoms with E-state index in [-0.39, 0.29) is 0 Å². The quantitative estimate of drug-likeness (QED) is 0.643. The second kappa shape index (κ2) is 10.4. The first-order valence-electron chi connectivity index (χ1n) is 10.7. The maximum Gasteiger partial charge on any atom is 0.268 e. The van der Waals surface area contributed by atoms with Gasteiger partial charge in [-0.3, -0.25) is 4.79 Å². The molecule has 172 valence electrons. The summed E-state index contributed by atoms with van der Waals surface area (Å²) in [5, 5.41) is 15.4. The average molecular weight is 442 g/mol. The number of hydrazone groups is 1. The fourth-order valence-corrected chi connectivity index (χ4v) is 3.99. The van der Waals surface area contributed by atoms with Crippen LogP contribution in [0, 0.1) is 0 Å². The Balaban J connectivity index is 1.97. The maximum atomic E-state index is 12.5. The molecule has 1 amide bonds. The van der Waals surface area contributed by atoms with Crippen LogP contribution >= 0.6 is 0 Å². The minimum absolute atomic E-state index is 0.402. The molecule has 1 N–H and O–H groups in total. The van der Waals surface area contributed by atoms with Gasteiger partial charge in [0.05, 0.1) is 33.1 Å². The molecule has 8 heteroatoms. The van der Waals surface area contributed by atoms with Gasteiger partial charge in [0.2, 0.25) is 5.75 Å². The van der Waals surface area contributed by atoms with Crippen LogP contribution in [-0.4, -0.2) is 62.8 Å². The van der Waals surface area contributed by atoms with E-state index >= 15 is 0 Å². The molecule has 1 aliphatic heterocycles. The van der Waals surface area contributed by atoms with E-state index in [9.17, 15) is 9.90 Å². The molecule has 0 saturated heterocycles. The van der Waals surface area contributed by atoms with Gasteiger partial charge in [-0.15, -0.1) is 0 Å². The number of rotatable bonds is 9. The van der Waals surface area contributed by atoms with E-state index in [0.717, 1.165) is 35.6 Å². The van der Waals surface area contributed by atoms with Gasteiger partial charge in [-0.2, -0.15) is 5.10 Å². The number of anilines is 1. The van der Waals surface area contributed by atoms with Crippen LogP contribution < -0.4 is 19.1 Å². The number of methoxy groups -OCH3 is 3. The van der Waals surface area contributed by atoms with E-state index in [0.29, 0.717) is 23.7 Å². The van der Waals surface area contributed by atoms with Crippen LogP contribution in [0.3, 0.4) is 0 Å². The van der Waals surface area contributed by atoms with Gasteiger partial charge in [0, 0.05) is 25.2 Å². The minimum atomic E-state index is -0.626. The van der Waals surface area contributed by atoms with Gasteiger partial charge < -0.3 is 24.2 Å². The molecule has 3 rings (SSSR count). The maximum absolute atomic E-state index is 12.5. The fourth-order valence-electron chi connectivity index (χ4n) is 3.99. The van der Waals surface area contributed by atoms with Gasteiger partial charge in [-0.05, 0) is 49.2 Å². The summed E-state index contributed by atoms with van der Waals surface area (Å²) in [6, 6.07) is 11.4. The third kappa shape index (κ3) is 4.50. The first-order valence-corrected chi connectivity index (χ1v) is 10.7. The first kappa shape index (κ1) is 23.4. The molecule has 2 aromatic rings. The molecule has 8 nitrogen and oxygen atoms in total. The Morgan fingerprint density at radius 2 is 1.66 bits per heavy atom. The standard InChI is InChI=1S/C24H31N3O5/c1-6-26(7-2)18-10-8-16(9-11-18)19-14-20(27(25-19)23(29)15-28)17-12-21(30-3)24(32-5)22(13-17)31-4/h8-13,20,28H,6-7,14-15H2,1-5H3. The Labute approximate surface area is 189 Å². The van der Waals surface area contributed by atoms with Gasteiger partial charge in [-0.25, -0.2) is 5.01 Å². The zero-order valence-corrected chi connectivity index (χ0v) is 19.3. The number of nitrogens with zero attached hydrogens (tertiary/aromatic N) is 3. The van der Waals surface area contributed by atoms with Crippen molar-refractivity contribution in [2.24, 2.45) is 5.10 Å². The van der Waals surface area contributed by atoms with Crippen molar-refractivity contribution < 1.29 is 24.1 Å². The predicted octanol–water partition coefficient (Wildman–Crippen LogP) is 3.23. The summed E-state index contributed by atoms with van der Waals surface area (Å²) >= 11 is 0. The van der Waals surface area contributed by atoms with Crippen LogP contribution in [-0.2, 0) is 4.79 Å². The molecule has 1 aliphatic rings. The summed E-state index contributed by atoms with van der Waals surface area (Å²) in [7, 11) is 4.64. The number of amides is 1. The lowest BCUT2D eigenvalue weighted by molar-refractivity contribution is -0.136. The molecule has 0 spiro atoms. The normalized spacial score (nSPS) is 15.4. The molecular weight excluding hydrogens is 410 g/mol. The Hall–Kier alpha value is -3.26. The number of ether oxygens (including phenoxy) is 3. The highest BCUT2D eigenvalue weighted by atomic mass is 16.5. The Morgan fingerprint density at radius 1 is 1.06 bits per heavy atom. The van der Waals surface area contributed by atoms with Crippen LogP contribution in [0.25, 0.3) is 0 Å². The largest absolute Gasteiger partial charge is 0.493 e. The van der Waals surface area contributed by atoms with Gasteiger partial charge in [-0.1, -0.05) is 12.1 Å². The highest BCUT2D eigenvalue weighted by molar-refractivity contribution is 6.03. The molecule has 2 aromatic carbocycles. The molecule has 0 bridgehead atoms. The number of aliphatic hydroxyl groups is 1. The number of hydrogen-bond acceptors (Lipinski definition) is 7. The van der Waals surface area contributed by atoms with Crippen LogP contribution in [0.15, 0.2) is 41.5 Å². The minimum Gasteiger partial charge on any atom is -0.493 e. The van der Waals surface area contributed by atoms with Crippen molar-refractivity contribution in [2.45, 2.75) is 26.3 Å². The van der Waals surface area contributed by atoms with Crippen molar-refractivity contribution in [2.75, 3.05) is 45.9 Å².